The molecule has 0 spiro atoms. The molecule has 8 nitrogen and oxygen atoms in total. The highest BCUT2D eigenvalue weighted by molar-refractivity contribution is 6.25. The van der Waals surface area contributed by atoms with Crippen molar-refractivity contribution in [3.63, 3.8) is 0 Å². The van der Waals surface area contributed by atoms with Crippen LogP contribution < -0.4 is 0 Å². The lowest BCUT2D eigenvalue weighted by atomic mass is 10.0. The highest BCUT2D eigenvalue weighted by atomic mass is 19.4. The number of aryl methyl sites for hydroxylation is 2. The molecule has 0 saturated heterocycles. The lowest BCUT2D eigenvalue weighted by molar-refractivity contribution is -0.140. The topological polar surface area (TPSA) is 83.0 Å². The number of halogens is 3. The van der Waals surface area contributed by atoms with Crippen molar-refractivity contribution in [3.05, 3.63) is 65.2 Å². The number of ether oxygens (including phenoxy) is 1. The number of rotatable bonds is 9. The zero-order valence-electron chi connectivity index (χ0n) is 23.2. The van der Waals surface area contributed by atoms with E-state index in [0.717, 1.165) is 52.7 Å². The number of hydrogen-bond donors (Lipinski definition) is 0. The maximum atomic E-state index is 13.2. The average Bonchev–Trinajstić information content (AvgIpc) is 3.61. The van der Waals surface area contributed by atoms with Gasteiger partial charge in [0.25, 0.3) is 0 Å². The first-order valence-electron chi connectivity index (χ1n) is 13.4. The zero-order chi connectivity index (χ0) is 28.6. The SMILES string of the molecule is CCN=C(/C(=C(\C)OC)c1ncc2c(C)nn(Cc3ccc(-c4nc(C(F)(F)F)cn4CC)cc3)c2n1)C1CC1. The van der Waals surface area contributed by atoms with Gasteiger partial charge in [0.2, 0.25) is 0 Å². The number of aromatic nitrogens is 6. The van der Waals surface area contributed by atoms with Gasteiger partial charge in [-0.15, -0.1) is 0 Å². The third-order valence-corrected chi connectivity index (χ3v) is 7.06. The first-order chi connectivity index (χ1) is 19.1. The molecule has 1 aromatic carbocycles. The van der Waals surface area contributed by atoms with Gasteiger partial charge in [-0.1, -0.05) is 24.3 Å². The van der Waals surface area contributed by atoms with E-state index < -0.39 is 11.9 Å². The molecule has 0 radical (unpaired) electrons. The first kappa shape index (κ1) is 27.5. The summed E-state index contributed by atoms with van der Waals surface area (Å²) in [7, 11) is 1.64. The van der Waals surface area contributed by atoms with Gasteiger partial charge in [-0.05, 0) is 46.1 Å². The molecule has 0 N–H and O–H groups in total. The summed E-state index contributed by atoms with van der Waals surface area (Å²) >= 11 is 0. The molecule has 11 heteroatoms. The van der Waals surface area contributed by atoms with E-state index in [1.165, 1.54) is 4.57 Å². The van der Waals surface area contributed by atoms with Crippen molar-refractivity contribution >= 4 is 22.3 Å². The summed E-state index contributed by atoms with van der Waals surface area (Å²) in [4.78, 5) is 18.2. The van der Waals surface area contributed by atoms with Crippen LogP contribution in [0.2, 0.25) is 0 Å². The standard InChI is InChI=1S/C29H32F3N7O/c1-6-33-25(20-12-13-20)24(18(4)40-5)26-34-14-22-17(3)37-39(28(22)36-26)15-19-8-10-21(11-9-19)27-35-23(29(30,31)32)16-38(27)7-2/h8-11,14,16,20H,6-7,12-13,15H2,1-5H3/b24-18-,33-25?. The molecule has 4 aromatic rings. The third kappa shape index (κ3) is 5.37. The van der Waals surface area contributed by atoms with Crippen molar-refractivity contribution in [2.45, 2.75) is 59.8 Å². The molecule has 1 fully saturated rings. The maximum absolute atomic E-state index is 13.2. The average molecular weight is 552 g/mol. The Morgan fingerprint density at radius 1 is 1.12 bits per heavy atom. The van der Waals surface area contributed by atoms with Gasteiger partial charge >= 0.3 is 6.18 Å². The summed E-state index contributed by atoms with van der Waals surface area (Å²) in [6.45, 7) is 9.10. The molecule has 1 aliphatic rings. The van der Waals surface area contributed by atoms with Gasteiger partial charge in [0, 0.05) is 37.0 Å². The summed E-state index contributed by atoms with van der Waals surface area (Å²) in [5.74, 6) is 1.94. The molecule has 0 unspecified atom stereocenters. The fourth-order valence-electron chi connectivity index (χ4n) is 4.79. The summed E-state index contributed by atoms with van der Waals surface area (Å²) in [6.07, 6.45) is 0.525. The molecular formula is C29H32F3N7O. The van der Waals surface area contributed by atoms with E-state index in [4.69, 9.17) is 19.8 Å². The van der Waals surface area contributed by atoms with Gasteiger partial charge in [0.1, 0.15) is 11.6 Å². The molecule has 3 heterocycles. The molecule has 0 amide bonds. The van der Waals surface area contributed by atoms with Crippen LogP contribution in [-0.4, -0.2) is 48.7 Å². The molecule has 210 valence electrons. The van der Waals surface area contributed by atoms with Gasteiger partial charge in [-0.3, -0.25) is 4.99 Å². The molecule has 1 saturated carbocycles. The van der Waals surface area contributed by atoms with Crippen molar-refractivity contribution in [1.29, 1.82) is 0 Å². The number of benzene rings is 1. The van der Waals surface area contributed by atoms with Gasteiger partial charge in [-0.2, -0.15) is 18.3 Å². The molecule has 5 rings (SSSR count). The molecule has 1 aliphatic carbocycles. The maximum Gasteiger partial charge on any atom is 0.434 e. The third-order valence-electron chi connectivity index (χ3n) is 7.06. The van der Waals surface area contributed by atoms with Crippen LogP contribution in [0.5, 0.6) is 0 Å². The highest BCUT2D eigenvalue weighted by Crippen LogP contribution is 2.37. The largest absolute Gasteiger partial charge is 0.501 e. The predicted octanol–water partition coefficient (Wildman–Crippen LogP) is 6.33. The Balaban J connectivity index is 1.48. The summed E-state index contributed by atoms with van der Waals surface area (Å²) < 4.78 is 48.6. The quantitative estimate of drug-likeness (QED) is 0.179. The number of methoxy groups -OCH3 is 1. The van der Waals surface area contributed by atoms with Gasteiger partial charge in [0.15, 0.2) is 17.2 Å². The number of hydrogen-bond acceptors (Lipinski definition) is 6. The van der Waals surface area contributed by atoms with Gasteiger partial charge in [0.05, 0.1) is 36.0 Å². The number of fused-ring (bicyclic) bond motifs is 1. The summed E-state index contributed by atoms with van der Waals surface area (Å²) in [6, 6.07) is 7.33. The lowest BCUT2D eigenvalue weighted by Crippen LogP contribution is -2.12. The van der Waals surface area contributed by atoms with E-state index in [2.05, 4.69) is 9.97 Å². The predicted molar refractivity (Wildman–Crippen MR) is 148 cm³/mol. The fourth-order valence-corrected chi connectivity index (χ4v) is 4.79. The van der Waals surface area contributed by atoms with Crippen LogP contribution in [0.25, 0.3) is 28.0 Å². The van der Waals surface area contributed by atoms with Crippen molar-refractivity contribution in [3.8, 4) is 11.4 Å². The summed E-state index contributed by atoms with van der Waals surface area (Å²) in [5, 5.41) is 5.56. The molecule has 0 bridgehead atoms. The zero-order valence-corrected chi connectivity index (χ0v) is 23.2. The number of nitrogens with zero attached hydrogens (tertiary/aromatic N) is 7. The van der Waals surface area contributed by atoms with Crippen LogP contribution in [0.1, 0.15) is 56.4 Å². The molecular weight excluding hydrogens is 519 g/mol. The van der Waals surface area contributed by atoms with Crippen LogP contribution in [0, 0.1) is 12.8 Å². The minimum atomic E-state index is -4.49. The van der Waals surface area contributed by atoms with Crippen LogP contribution >= 0.6 is 0 Å². The second kappa shape index (κ2) is 10.9. The minimum absolute atomic E-state index is 0.284. The van der Waals surface area contributed by atoms with Gasteiger partial charge < -0.3 is 9.30 Å². The van der Waals surface area contributed by atoms with Crippen LogP contribution in [0.15, 0.2) is 47.4 Å². The lowest BCUT2D eigenvalue weighted by Gasteiger charge is -2.13. The summed E-state index contributed by atoms with van der Waals surface area (Å²) in [5.41, 5.74) is 3.95. The Hall–Kier alpha value is -4.02. The van der Waals surface area contributed by atoms with E-state index >= 15 is 0 Å². The van der Waals surface area contributed by atoms with Gasteiger partial charge in [-0.25, -0.2) is 19.6 Å². The molecule has 0 atom stereocenters. The first-order valence-corrected chi connectivity index (χ1v) is 13.4. The van der Waals surface area contributed by atoms with Crippen molar-refractivity contribution in [2.24, 2.45) is 10.9 Å². The van der Waals surface area contributed by atoms with Crippen molar-refractivity contribution in [1.82, 2.24) is 29.3 Å². The van der Waals surface area contributed by atoms with E-state index in [-0.39, 0.29) is 5.82 Å². The molecule has 40 heavy (non-hydrogen) atoms. The van der Waals surface area contributed by atoms with Crippen molar-refractivity contribution in [2.75, 3.05) is 13.7 Å². The Labute approximate surface area is 230 Å². The Morgan fingerprint density at radius 2 is 1.85 bits per heavy atom. The highest BCUT2D eigenvalue weighted by Gasteiger charge is 2.35. The normalized spacial score (nSPS) is 15.1. The fraction of sp³-hybridized carbons (Fsp3) is 0.414. The smallest absolute Gasteiger partial charge is 0.434 e. The molecule has 3 aromatic heterocycles. The van der Waals surface area contributed by atoms with E-state index in [1.807, 2.05) is 37.6 Å². The second-order valence-corrected chi connectivity index (χ2v) is 9.87. The Morgan fingerprint density at radius 3 is 2.45 bits per heavy atom. The van der Waals surface area contributed by atoms with Crippen LogP contribution in [-0.2, 0) is 24.0 Å². The van der Waals surface area contributed by atoms with E-state index in [9.17, 15) is 13.2 Å². The van der Waals surface area contributed by atoms with Crippen LogP contribution in [0.4, 0.5) is 13.2 Å². The monoisotopic (exact) mass is 551 g/mol. The van der Waals surface area contributed by atoms with E-state index in [0.29, 0.717) is 42.6 Å². The number of allylic oxidation sites excluding steroid dienone is 2. The second-order valence-electron chi connectivity index (χ2n) is 9.87. The Kier molecular flexibility index (Phi) is 7.48. The Bertz CT molecular complexity index is 1590. The number of aliphatic imine (C=N–C) groups is 1. The number of imidazole rings is 1. The van der Waals surface area contributed by atoms with E-state index in [1.54, 1.807) is 32.4 Å². The molecule has 0 aliphatic heterocycles. The minimum Gasteiger partial charge on any atom is -0.501 e. The van der Waals surface area contributed by atoms with Crippen LogP contribution in [0.3, 0.4) is 0 Å². The number of alkyl halides is 3. The van der Waals surface area contributed by atoms with Crippen molar-refractivity contribution < 1.29 is 17.9 Å².